The zero-order valence-electron chi connectivity index (χ0n) is 16.2. The van der Waals surface area contributed by atoms with Crippen LogP contribution >= 0.6 is 12.2 Å². The van der Waals surface area contributed by atoms with Gasteiger partial charge in [0, 0.05) is 18.2 Å². The van der Waals surface area contributed by atoms with E-state index in [1.54, 1.807) is 0 Å². The molecule has 0 unspecified atom stereocenters. The van der Waals surface area contributed by atoms with Crippen molar-refractivity contribution in [1.82, 2.24) is 5.32 Å². The molecular formula is C23H28N2O2S. The van der Waals surface area contributed by atoms with Gasteiger partial charge in [0.05, 0.1) is 0 Å². The van der Waals surface area contributed by atoms with Gasteiger partial charge in [-0.25, -0.2) is 0 Å². The fraction of sp³-hybridized carbons (Fsp3) is 0.391. The summed E-state index contributed by atoms with van der Waals surface area (Å²) in [7, 11) is 0. The summed E-state index contributed by atoms with van der Waals surface area (Å²) >= 11 is 5.28. The standard InChI is InChI=1S/C23H28N2O2S/c26-22(15-14-18-8-3-1-4-9-18)25-23(28)24-20-12-7-13-21(16-20)27-17-19-10-5-2-6-11-19/h2,5-7,10-13,16,18H,1,3-4,8-9,14-15,17H2,(H2,24,25,26,28). The van der Waals surface area contributed by atoms with Crippen LogP contribution < -0.4 is 15.4 Å². The molecular weight excluding hydrogens is 368 g/mol. The first-order chi connectivity index (χ1) is 13.7. The molecule has 0 radical (unpaired) electrons. The molecule has 2 aromatic carbocycles. The minimum absolute atomic E-state index is 0.0143. The first-order valence-corrected chi connectivity index (χ1v) is 10.5. The predicted molar refractivity (Wildman–Crippen MR) is 117 cm³/mol. The molecule has 2 aromatic rings. The van der Waals surface area contributed by atoms with Crippen LogP contribution in [0.4, 0.5) is 5.69 Å². The van der Waals surface area contributed by atoms with Gasteiger partial charge in [-0.15, -0.1) is 0 Å². The van der Waals surface area contributed by atoms with Gasteiger partial charge in [0.2, 0.25) is 5.91 Å². The molecule has 1 saturated carbocycles. The van der Waals surface area contributed by atoms with Crippen molar-refractivity contribution in [2.24, 2.45) is 5.92 Å². The van der Waals surface area contributed by atoms with Crippen molar-refractivity contribution in [2.45, 2.75) is 51.6 Å². The number of carbonyl (C=O) groups is 1. The summed E-state index contributed by atoms with van der Waals surface area (Å²) in [5, 5.41) is 6.18. The van der Waals surface area contributed by atoms with Crippen molar-refractivity contribution >= 4 is 28.9 Å². The van der Waals surface area contributed by atoms with E-state index in [-0.39, 0.29) is 5.91 Å². The van der Waals surface area contributed by atoms with Gasteiger partial charge < -0.3 is 15.4 Å². The number of thiocarbonyl (C=S) groups is 1. The lowest BCUT2D eigenvalue weighted by molar-refractivity contribution is -0.120. The van der Waals surface area contributed by atoms with E-state index in [9.17, 15) is 4.79 Å². The zero-order chi connectivity index (χ0) is 19.6. The molecule has 0 bridgehead atoms. The Morgan fingerprint density at radius 2 is 1.82 bits per heavy atom. The second kappa shape index (κ2) is 10.8. The number of benzene rings is 2. The molecule has 4 nitrogen and oxygen atoms in total. The number of amides is 1. The SMILES string of the molecule is O=C(CCC1CCCCC1)NC(=S)Nc1cccc(OCc2ccccc2)c1. The molecule has 0 heterocycles. The number of rotatable bonds is 7. The maximum Gasteiger partial charge on any atom is 0.226 e. The van der Waals surface area contributed by atoms with E-state index in [0.717, 1.165) is 23.4 Å². The lowest BCUT2D eigenvalue weighted by Crippen LogP contribution is -2.34. The topological polar surface area (TPSA) is 50.4 Å². The minimum atomic E-state index is -0.0143. The van der Waals surface area contributed by atoms with Gasteiger partial charge in [-0.1, -0.05) is 68.5 Å². The summed E-state index contributed by atoms with van der Waals surface area (Å²) in [4.78, 5) is 12.1. The molecule has 0 spiro atoms. The molecule has 1 amide bonds. The normalized spacial score (nSPS) is 14.3. The second-order valence-electron chi connectivity index (χ2n) is 7.35. The Hall–Kier alpha value is -2.40. The lowest BCUT2D eigenvalue weighted by Gasteiger charge is -2.21. The highest BCUT2D eigenvalue weighted by atomic mass is 32.1. The third-order valence-electron chi connectivity index (χ3n) is 5.10. The zero-order valence-corrected chi connectivity index (χ0v) is 17.0. The molecule has 5 heteroatoms. The Kier molecular flexibility index (Phi) is 7.85. The van der Waals surface area contributed by atoms with E-state index < -0.39 is 0 Å². The Morgan fingerprint density at radius 1 is 1.04 bits per heavy atom. The molecule has 0 saturated heterocycles. The molecule has 0 aromatic heterocycles. The van der Waals surface area contributed by atoms with E-state index in [0.29, 0.717) is 24.1 Å². The van der Waals surface area contributed by atoms with Crippen LogP contribution in [0.15, 0.2) is 54.6 Å². The van der Waals surface area contributed by atoms with Crippen LogP contribution in [-0.2, 0) is 11.4 Å². The molecule has 148 valence electrons. The fourth-order valence-electron chi connectivity index (χ4n) is 3.57. The summed E-state index contributed by atoms with van der Waals surface area (Å²) in [6, 6.07) is 17.6. The van der Waals surface area contributed by atoms with E-state index in [1.165, 1.54) is 32.1 Å². The predicted octanol–water partition coefficient (Wildman–Crippen LogP) is 5.44. The van der Waals surface area contributed by atoms with Gasteiger partial charge in [0.15, 0.2) is 5.11 Å². The molecule has 3 rings (SSSR count). The highest BCUT2D eigenvalue weighted by Gasteiger charge is 2.15. The maximum atomic E-state index is 12.1. The van der Waals surface area contributed by atoms with Crippen molar-refractivity contribution in [3.63, 3.8) is 0 Å². The minimum Gasteiger partial charge on any atom is -0.489 e. The van der Waals surface area contributed by atoms with Crippen molar-refractivity contribution in [3.05, 3.63) is 60.2 Å². The number of ether oxygens (including phenoxy) is 1. The van der Waals surface area contributed by atoms with E-state index in [4.69, 9.17) is 17.0 Å². The van der Waals surface area contributed by atoms with E-state index in [2.05, 4.69) is 10.6 Å². The quantitative estimate of drug-likeness (QED) is 0.612. The van der Waals surface area contributed by atoms with Gasteiger partial charge in [0.25, 0.3) is 0 Å². The largest absolute Gasteiger partial charge is 0.489 e. The van der Waals surface area contributed by atoms with Crippen LogP contribution in [0.25, 0.3) is 0 Å². The summed E-state index contributed by atoms with van der Waals surface area (Å²) < 4.78 is 5.83. The third-order valence-corrected chi connectivity index (χ3v) is 5.30. The highest BCUT2D eigenvalue weighted by molar-refractivity contribution is 7.80. The summed E-state index contributed by atoms with van der Waals surface area (Å²) in [5.41, 5.74) is 1.91. The van der Waals surface area contributed by atoms with E-state index >= 15 is 0 Å². The van der Waals surface area contributed by atoms with Gasteiger partial charge in [-0.2, -0.15) is 0 Å². The summed E-state index contributed by atoms with van der Waals surface area (Å²) in [6.45, 7) is 0.507. The smallest absolute Gasteiger partial charge is 0.226 e. The van der Waals surface area contributed by atoms with Crippen LogP contribution in [0.1, 0.15) is 50.5 Å². The monoisotopic (exact) mass is 396 g/mol. The number of hydrogen-bond acceptors (Lipinski definition) is 3. The Balaban J connectivity index is 1.42. The average Bonchev–Trinajstić information content (AvgIpc) is 2.72. The molecule has 1 fully saturated rings. The number of nitrogens with one attached hydrogen (secondary N) is 2. The van der Waals surface area contributed by atoms with Crippen LogP contribution in [0, 0.1) is 5.92 Å². The van der Waals surface area contributed by atoms with Crippen LogP contribution in [0.2, 0.25) is 0 Å². The Labute approximate surface area is 172 Å². The first kappa shape index (κ1) is 20.3. The van der Waals surface area contributed by atoms with Gasteiger partial charge >= 0.3 is 0 Å². The van der Waals surface area contributed by atoms with Crippen LogP contribution in [0.5, 0.6) is 5.75 Å². The third kappa shape index (κ3) is 6.97. The van der Waals surface area contributed by atoms with E-state index in [1.807, 2.05) is 54.6 Å². The van der Waals surface area contributed by atoms with Crippen molar-refractivity contribution in [1.29, 1.82) is 0 Å². The number of hydrogen-bond donors (Lipinski definition) is 2. The second-order valence-corrected chi connectivity index (χ2v) is 7.76. The first-order valence-electron chi connectivity index (χ1n) is 10.1. The molecule has 0 atom stereocenters. The van der Waals surface area contributed by atoms with Gasteiger partial charge in [-0.05, 0) is 42.3 Å². The molecule has 1 aliphatic carbocycles. The molecule has 28 heavy (non-hydrogen) atoms. The van der Waals surface area contributed by atoms with Crippen molar-refractivity contribution in [2.75, 3.05) is 5.32 Å². The fourth-order valence-corrected chi connectivity index (χ4v) is 3.80. The Bertz CT molecular complexity index is 773. The van der Waals surface area contributed by atoms with Gasteiger partial charge in [0.1, 0.15) is 12.4 Å². The average molecular weight is 397 g/mol. The van der Waals surface area contributed by atoms with Crippen LogP contribution in [0.3, 0.4) is 0 Å². The Morgan fingerprint density at radius 3 is 2.61 bits per heavy atom. The lowest BCUT2D eigenvalue weighted by atomic mass is 9.86. The van der Waals surface area contributed by atoms with Crippen molar-refractivity contribution < 1.29 is 9.53 Å². The van der Waals surface area contributed by atoms with Crippen molar-refractivity contribution in [3.8, 4) is 5.75 Å². The number of anilines is 1. The number of carbonyl (C=O) groups excluding carboxylic acids is 1. The molecule has 2 N–H and O–H groups in total. The summed E-state index contributed by atoms with van der Waals surface area (Å²) in [6.07, 6.45) is 7.94. The highest BCUT2D eigenvalue weighted by Crippen LogP contribution is 2.27. The summed E-state index contributed by atoms with van der Waals surface area (Å²) in [5.74, 6) is 1.43. The molecule has 1 aliphatic rings. The van der Waals surface area contributed by atoms with Crippen LogP contribution in [-0.4, -0.2) is 11.0 Å². The molecule has 0 aliphatic heterocycles. The van der Waals surface area contributed by atoms with Gasteiger partial charge in [-0.3, -0.25) is 4.79 Å². The maximum absolute atomic E-state index is 12.1.